The second kappa shape index (κ2) is 7.82. The van der Waals surface area contributed by atoms with E-state index < -0.39 is 0 Å². The van der Waals surface area contributed by atoms with Crippen LogP contribution in [-0.2, 0) is 4.74 Å². The second-order valence-corrected chi connectivity index (χ2v) is 4.66. The minimum atomic E-state index is -0.0825. The summed E-state index contributed by atoms with van der Waals surface area (Å²) in [6.07, 6.45) is 2.42. The number of halogens is 1. The Morgan fingerprint density at radius 3 is 2.95 bits per heavy atom. The standard InChI is InChI=1S/C15H17ClN2O2/c16-7-11-20-10-3-8-18-15(19)13-6-9-17-14-5-2-1-4-12(13)14/h1-2,4-6,9H,3,7-8,10-11H2,(H,18,19). The molecule has 1 amide bonds. The fourth-order valence-corrected chi connectivity index (χ4v) is 2.03. The average molecular weight is 293 g/mol. The number of alkyl halides is 1. The van der Waals surface area contributed by atoms with Crippen LogP contribution in [0.1, 0.15) is 16.8 Å². The first-order chi connectivity index (χ1) is 9.83. The molecule has 4 nitrogen and oxygen atoms in total. The summed E-state index contributed by atoms with van der Waals surface area (Å²) in [7, 11) is 0. The van der Waals surface area contributed by atoms with E-state index in [4.69, 9.17) is 16.3 Å². The number of nitrogens with zero attached hydrogens (tertiary/aromatic N) is 1. The van der Waals surface area contributed by atoms with Crippen molar-refractivity contribution in [2.24, 2.45) is 0 Å². The van der Waals surface area contributed by atoms with Crippen molar-refractivity contribution in [2.45, 2.75) is 6.42 Å². The molecule has 2 rings (SSSR count). The van der Waals surface area contributed by atoms with Crippen LogP contribution in [0.3, 0.4) is 0 Å². The van der Waals surface area contributed by atoms with E-state index in [1.165, 1.54) is 0 Å². The van der Waals surface area contributed by atoms with Gasteiger partial charge in [0.15, 0.2) is 0 Å². The third kappa shape index (κ3) is 3.92. The van der Waals surface area contributed by atoms with Gasteiger partial charge < -0.3 is 10.1 Å². The van der Waals surface area contributed by atoms with Gasteiger partial charge in [-0.3, -0.25) is 9.78 Å². The van der Waals surface area contributed by atoms with Gasteiger partial charge in [-0.05, 0) is 18.6 Å². The first-order valence-electron chi connectivity index (χ1n) is 6.58. The van der Waals surface area contributed by atoms with E-state index in [9.17, 15) is 4.79 Å². The monoisotopic (exact) mass is 292 g/mol. The molecule has 0 saturated heterocycles. The predicted molar refractivity (Wildman–Crippen MR) is 80.2 cm³/mol. The normalized spacial score (nSPS) is 10.7. The Morgan fingerprint density at radius 2 is 2.10 bits per heavy atom. The summed E-state index contributed by atoms with van der Waals surface area (Å²) >= 11 is 5.50. The highest BCUT2D eigenvalue weighted by atomic mass is 35.5. The quantitative estimate of drug-likeness (QED) is 0.630. The van der Waals surface area contributed by atoms with Crippen molar-refractivity contribution in [3.63, 3.8) is 0 Å². The fraction of sp³-hybridized carbons (Fsp3) is 0.333. The number of carbonyl (C=O) groups excluding carboxylic acids is 1. The molecule has 0 spiro atoms. The molecular formula is C15H17ClN2O2. The number of aromatic nitrogens is 1. The second-order valence-electron chi connectivity index (χ2n) is 4.29. The van der Waals surface area contributed by atoms with Gasteiger partial charge in [-0.2, -0.15) is 0 Å². The smallest absolute Gasteiger partial charge is 0.252 e. The van der Waals surface area contributed by atoms with Gasteiger partial charge in [0.05, 0.1) is 17.7 Å². The van der Waals surface area contributed by atoms with Crippen molar-refractivity contribution in [2.75, 3.05) is 25.6 Å². The Labute approximate surface area is 123 Å². The SMILES string of the molecule is O=C(NCCCOCCCl)c1ccnc2ccccc12. The number of pyridine rings is 1. The van der Waals surface area contributed by atoms with E-state index in [2.05, 4.69) is 10.3 Å². The predicted octanol–water partition coefficient (Wildman–Crippen LogP) is 2.61. The lowest BCUT2D eigenvalue weighted by molar-refractivity contribution is 0.0946. The number of hydrogen-bond acceptors (Lipinski definition) is 3. The first kappa shape index (κ1) is 14.8. The summed E-state index contributed by atoms with van der Waals surface area (Å²) in [5, 5.41) is 3.75. The third-order valence-corrected chi connectivity index (χ3v) is 3.02. The zero-order valence-electron chi connectivity index (χ0n) is 11.1. The lowest BCUT2D eigenvalue weighted by atomic mass is 10.1. The summed E-state index contributed by atoms with van der Waals surface area (Å²) in [6, 6.07) is 9.35. The number of nitrogens with one attached hydrogen (secondary N) is 1. The highest BCUT2D eigenvalue weighted by molar-refractivity contribution is 6.17. The molecule has 106 valence electrons. The minimum absolute atomic E-state index is 0.0825. The zero-order valence-corrected chi connectivity index (χ0v) is 11.9. The molecule has 1 aromatic heterocycles. The van der Waals surface area contributed by atoms with E-state index in [1.807, 2.05) is 24.3 Å². The van der Waals surface area contributed by atoms with Gasteiger partial charge in [-0.1, -0.05) is 18.2 Å². The van der Waals surface area contributed by atoms with Gasteiger partial charge in [0, 0.05) is 30.6 Å². The van der Waals surface area contributed by atoms with E-state index >= 15 is 0 Å². The molecule has 0 fully saturated rings. The van der Waals surface area contributed by atoms with Crippen LogP contribution in [0.15, 0.2) is 36.5 Å². The number of amides is 1. The average Bonchev–Trinajstić information content (AvgIpc) is 2.50. The van der Waals surface area contributed by atoms with Crippen LogP contribution in [0, 0.1) is 0 Å². The molecule has 5 heteroatoms. The lowest BCUT2D eigenvalue weighted by Crippen LogP contribution is -2.25. The summed E-state index contributed by atoms with van der Waals surface area (Å²) in [5.41, 5.74) is 1.47. The number of carbonyl (C=O) groups is 1. The lowest BCUT2D eigenvalue weighted by Gasteiger charge is -2.07. The van der Waals surface area contributed by atoms with Crippen molar-refractivity contribution in [3.8, 4) is 0 Å². The third-order valence-electron chi connectivity index (χ3n) is 2.87. The molecule has 0 aliphatic rings. The number of rotatable bonds is 7. The van der Waals surface area contributed by atoms with Crippen LogP contribution in [0.25, 0.3) is 10.9 Å². The molecule has 0 unspecified atom stereocenters. The summed E-state index contributed by atoms with van der Waals surface area (Å²) in [6.45, 7) is 1.73. The maximum Gasteiger partial charge on any atom is 0.252 e. The van der Waals surface area contributed by atoms with Gasteiger partial charge in [0.1, 0.15) is 0 Å². The van der Waals surface area contributed by atoms with E-state index in [0.29, 0.717) is 31.2 Å². The molecule has 1 aromatic carbocycles. The number of ether oxygens (including phenoxy) is 1. The van der Waals surface area contributed by atoms with E-state index in [1.54, 1.807) is 12.3 Å². The highest BCUT2D eigenvalue weighted by Gasteiger charge is 2.09. The van der Waals surface area contributed by atoms with Crippen LogP contribution < -0.4 is 5.32 Å². The number of fused-ring (bicyclic) bond motifs is 1. The van der Waals surface area contributed by atoms with Crippen LogP contribution >= 0.6 is 11.6 Å². The Balaban J connectivity index is 1.91. The Hall–Kier alpha value is -1.65. The number of para-hydroxylation sites is 1. The molecule has 0 radical (unpaired) electrons. The summed E-state index contributed by atoms with van der Waals surface area (Å²) in [5.74, 6) is 0.413. The van der Waals surface area contributed by atoms with Gasteiger partial charge >= 0.3 is 0 Å². The Kier molecular flexibility index (Phi) is 5.77. The largest absolute Gasteiger partial charge is 0.380 e. The van der Waals surface area contributed by atoms with Crippen molar-refractivity contribution in [1.82, 2.24) is 10.3 Å². The highest BCUT2D eigenvalue weighted by Crippen LogP contribution is 2.15. The topological polar surface area (TPSA) is 51.2 Å². The van der Waals surface area contributed by atoms with Crippen LogP contribution in [0.5, 0.6) is 0 Å². The van der Waals surface area contributed by atoms with E-state index in [0.717, 1.165) is 17.3 Å². The van der Waals surface area contributed by atoms with Gasteiger partial charge in [0.25, 0.3) is 5.91 Å². The van der Waals surface area contributed by atoms with Crippen LogP contribution in [0.2, 0.25) is 0 Å². The maximum absolute atomic E-state index is 12.1. The van der Waals surface area contributed by atoms with Crippen molar-refractivity contribution in [1.29, 1.82) is 0 Å². The van der Waals surface area contributed by atoms with Gasteiger partial charge in [-0.15, -0.1) is 11.6 Å². The fourth-order valence-electron chi connectivity index (χ4n) is 1.92. The first-order valence-corrected chi connectivity index (χ1v) is 7.12. The van der Waals surface area contributed by atoms with Crippen molar-refractivity contribution < 1.29 is 9.53 Å². The van der Waals surface area contributed by atoms with Crippen molar-refractivity contribution in [3.05, 3.63) is 42.1 Å². The molecule has 20 heavy (non-hydrogen) atoms. The van der Waals surface area contributed by atoms with Gasteiger partial charge in [0.2, 0.25) is 0 Å². The zero-order chi connectivity index (χ0) is 14.2. The summed E-state index contributed by atoms with van der Waals surface area (Å²) in [4.78, 5) is 16.4. The molecule has 0 aliphatic heterocycles. The molecule has 0 saturated carbocycles. The van der Waals surface area contributed by atoms with Gasteiger partial charge in [-0.25, -0.2) is 0 Å². The minimum Gasteiger partial charge on any atom is -0.380 e. The Bertz CT molecular complexity index is 569. The molecule has 0 aliphatic carbocycles. The molecule has 2 aromatic rings. The maximum atomic E-state index is 12.1. The molecular weight excluding hydrogens is 276 g/mol. The van der Waals surface area contributed by atoms with E-state index in [-0.39, 0.29) is 5.91 Å². The molecule has 1 N–H and O–H groups in total. The Morgan fingerprint density at radius 1 is 1.25 bits per heavy atom. The van der Waals surface area contributed by atoms with Crippen molar-refractivity contribution >= 4 is 28.4 Å². The molecule has 0 bridgehead atoms. The molecule has 0 atom stereocenters. The summed E-state index contributed by atoms with van der Waals surface area (Å²) < 4.78 is 5.25. The van der Waals surface area contributed by atoms with Crippen LogP contribution in [-0.4, -0.2) is 36.5 Å². The number of hydrogen-bond donors (Lipinski definition) is 1. The number of benzene rings is 1. The molecule has 1 heterocycles. The van der Waals surface area contributed by atoms with Crippen LogP contribution in [0.4, 0.5) is 0 Å².